The highest BCUT2D eigenvalue weighted by Gasteiger charge is 2.09. The van der Waals surface area contributed by atoms with Gasteiger partial charge in [0.15, 0.2) is 5.82 Å². The van der Waals surface area contributed by atoms with Gasteiger partial charge in [-0.1, -0.05) is 28.1 Å². The summed E-state index contributed by atoms with van der Waals surface area (Å²) in [4.78, 5) is 0. The number of hydrogen-bond donors (Lipinski definition) is 0. The fraction of sp³-hybridized carbons (Fsp3) is 0.333. The summed E-state index contributed by atoms with van der Waals surface area (Å²) < 4.78 is 2.01. The molecule has 0 radical (unpaired) electrons. The second-order valence-electron chi connectivity index (χ2n) is 3.93. The molecule has 0 aliphatic heterocycles. The van der Waals surface area contributed by atoms with Crippen molar-refractivity contribution in [3.8, 4) is 11.4 Å². The first-order valence-corrected chi connectivity index (χ1v) is 6.27. The molecule has 1 aromatic heterocycles. The zero-order valence-corrected chi connectivity index (χ0v) is 11.2. The van der Waals surface area contributed by atoms with Gasteiger partial charge in [-0.15, -0.1) is 10.2 Å². The van der Waals surface area contributed by atoms with E-state index in [2.05, 4.69) is 58.2 Å². The summed E-state index contributed by atoms with van der Waals surface area (Å²) in [6.45, 7) is 4.22. The van der Waals surface area contributed by atoms with Crippen molar-refractivity contribution in [3.05, 3.63) is 35.2 Å². The van der Waals surface area contributed by atoms with Crippen LogP contribution in [0.5, 0.6) is 0 Å². The van der Waals surface area contributed by atoms with Crippen molar-refractivity contribution in [1.82, 2.24) is 14.8 Å². The minimum absolute atomic E-state index is 0.724. The van der Waals surface area contributed by atoms with Crippen molar-refractivity contribution in [3.63, 3.8) is 0 Å². The van der Waals surface area contributed by atoms with Gasteiger partial charge in [-0.3, -0.25) is 0 Å². The minimum Gasteiger partial charge on any atom is -0.313 e. The number of aryl methyl sites for hydroxylation is 2. The lowest BCUT2D eigenvalue weighted by Gasteiger charge is -2.05. The molecule has 2 aromatic rings. The van der Waals surface area contributed by atoms with E-state index in [1.54, 1.807) is 0 Å². The van der Waals surface area contributed by atoms with E-state index < -0.39 is 0 Å². The Morgan fingerprint density at radius 1 is 1.19 bits per heavy atom. The molecule has 1 heterocycles. The van der Waals surface area contributed by atoms with Crippen molar-refractivity contribution < 1.29 is 0 Å². The molecule has 0 N–H and O–H groups in total. The topological polar surface area (TPSA) is 30.7 Å². The summed E-state index contributed by atoms with van der Waals surface area (Å²) >= 11 is 3.40. The van der Waals surface area contributed by atoms with Crippen LogP contribution < -0.4 is 0 Å². The lowest BCUT2D eigenvalue weighted by atomic mass is 10.1. The Bertz CT molecular complexity index is 517. The van der Waals surface area contributed by atoms with Gasteiger partial charge < -0.3 is 4.57 Å². The standard InChI is InChI=1S/C12H14BrN3/c1-8-4-5-10(6-9(8)2)12-15-14-11(7-13)16(12)3/h4-6H,7H2,1-3H3. The Morgan fingerprint density at radius 2 is 1.94 bits per heavy atom. The Hall–Kier alpha value is -1.16. The highest BCUT2D eigenvalue weighted by molar-refractivity contribution is 9.08. The van der Waals surface area contributed by atoms with Crippen molar-refractivity contribution in [1.29, 1.82) is 0 Å². The second kappa shape index (κ2) is 4.37. The monoisotopic (exact) mass is 279 g/mol. The maximum Gasteiger partial charge on any atom is 0.163 e. The molecule has 4 heteroatoms. The van der Waals surface area contributed by atoms with E-state index in [1.165, 1.54) is 11.1 Å². The molecular weight excluding hydrogens is 266 g/mol. The quantitative estimate of drug-likeness (QED) is 0.792. The number of halogens is 1. The maximum absolute atomic E-state index is 4.21. The summed E-state index contributed by atoms with van der Waals surface area (Å²) in [5, 5.41) is 9.06. The molecule has 0 aliphatic carbocycles. The Balaban J connectivity index is 2.50. The van der Waals surface area contributed by atoms with Crippen LogP contribution in [0.4, 0.5) is 0 Å². The molecule has 0 unspecified atom stereocenters. The number of hydrogen-bond acceptors (Lipinski definition) is 2. The Morgan fingerprint density at radius 3 is 2.50 bits per heavy atom. The number of nitrogens with zero attached hydrogens (tertiary/aromatic N) is 3. The zero-order valence-electron chi connectivity index (χ0n) is 9.66. The van der Waals surface area contributed by atoms with Crippen molar-refractivity contribution in [2.45, 2.75) is 19.2 Å². The fourth-order valence-electron chi connectivity index (χ4n) is 1.61. The van der Waals surface area contributed by atoms with Gasteiger partial charge >= 0.3 is 0 Å². The van der Waals surface area contributed by atoms with Crippen LogP contribution in [-0.4, -0.2) is 14.8 Å². The molecule has 0 saturated heterocycles. The first-order chi connectivity index (χ1) is 7.63. The van der Waals surface area contributed by atoms with Gasteiger partial charge in [0.05, 0.1) is 5.33 Å². The SMILES string of the molecule is Cc1ccc(-c2nnc(CBr)n2C)cc1C. The van der Waals surface area contributed by atoms with Crippen LogP contribution >= 0.6 is 15.9 Å². The molecule has 0 amide bonds. The minimum atomic E-state index is 0.724. The molecular formula is C12H14BrN3. The van der Waals surface area contributed by atoms with E-state index >= 15 is 0 Å². The smallest absolute Gasteiger partial charge is 0.163 e. The Labute approximate surface area is 104 Å². The number of benzene rings is 1. The van der Waals surface area contributed by atoms with Gasteiger partial charge in [0.25, 0.3) is 0 Å². The summed E-state index contributed by atoms with van der Waals surface area (Å²) in [5.74, 6) is 1.85. The fourth-order valence-corrected chi connectivity index (χ4v) is 2.10. The number of aromatic nitrogens is 3. The predicted molar refractivity (Wildman–Crippen MR) is 68.5 cm³/mol. The predicted octanol–water partition coefficient (Wildman–Crippen LogP) is 2.99. The van der Waals surface area contributed by atoms with Crippen molar-refractivity contribution in [2.75, 3.05) is 0 Å². The van der Waals surface area contributed by atoms with E-state index in [1.807, 2.05) is 11.6 Å². The number of alkyl halides is 1. The summed E-state index contributed by atoms with van der Waals surface area (Å²) in [7, 11) is 1.99. The van der Waals surface area contributed by atoms with Crippen LogP contribution in [-0.2, 0) is 12.4 Å². The van der Waals surface area contributed by atoms with Crippen LogP contribution in [0.25, 0.3) is 11.4 Å². The lowest BCUT2D eigenvalue weighted by Crippen LogP contribution is -1.97. The van der Waals surface area contributed by atoms with E-state index in [9.17, 15) is 0 Å². The Kier molecular flexibility index (Phi) is 3.10. The molecule has 84 valence electrons. The van der Waals surface area contributed by atoms with Gasteiger partial charge in [-0.05, 0) is 31.0 Å². The normalized spacial score (nSPS) is 10.8. The largest absolute Gasteiger partial charge is 0.313 e. The molecule has 3 nitrogen and oxygen atoms in total. The van der Waals surface area contributed by atoms with Crippen LogP contribution in [0.15, 0.2) is 18.2 Å². The summed E-state index contributed by atoms with van der Waals surface area (Å²) in [6.07, 6.45) is 0. The van der Waals surface area contributed by atoms with Gasteiger partial charge in [0, 0.05) is 12.6 Å². The molecule has 0 aliphatic rings. The first kappa shape index (κ1) is 11.3. The highest BCUT2D eigenvalue weighted by Crippen LogP contribution is 2.21. The lowest BCUT2D eigenvalue weighted by molar-refractivity contribution is 0.858. The third kappa shape index (κ3) is 1.89. The third-order valence-corrected chi connectivity index (χ3v) is 3.35. The van der Waals surface area contributed by atoms with Crippen LogP contribution in [0.2, 0.25) is 0 Å². The third-order valence-electron chi connectivity index (χ3n) is 2.85. The van der Waals surface area contributed by atoms with Crippen LogP contribution in [0.1, 0.15) is 17.0 Å². The first-order valence-electron chi connectivity index (χ1n) is 5.15. The molecule has 0 bridgehead atoms. The molecule has 16 heavy (non-hydrogen) atoms. The van der Waals surface area contributed by atoms with E-state index in [4.69, 9.17) is 0 Å². The highest BCUT2D eigenvalue weighted by atomic mass is 79.9. The average Bonchev–Trinajstić information content (AvgIpc) is 2.64. The van der Waals surface area contributed by atoms with Crippen LogP contribution in [0, 0.1) is 13.8 Å². The average molecular weight is 280 g/mol. The zero-order chi connectivity index (χ0) is 11.7. The molecule has 0 atom stereocenters. The number of rotatable bonds is 2. The molecule has 0 fully saturated rings. The van der Waals surface area contributed by atoms with E-state index in [-0.39, 0.29) is 0 Å². The van der Waals surface area contributed by atoms with Gasteiger partial charge in [0.1, 0.15) is 5.82 Å². The molecule has 0 saturated carbocycles. The van der Waals surface area contributed by atoms with Gasteiger partial charge in [-0.25, -0.2) is 0 Å². The van der Waals surface area contributed by atoms with Crippen molar-refractivity contribution >= 4 is 15.9 Å². The van der Waals surface area contributed by atoms with Gasteiger partial charge in [-0.2, -0.15) is 0 Å². The molecule has 1 aromatic carbocycles. The summed E-state index contributed by atoms with van der Waals surface area (Å²) in [6, 6.07) is 6.36. The second-order valence-corrected chi connectivity index (χ2v) is 4.49. The maximum atomic E-state index is 4.21. The molecule has 0 spiro atoms. The van der Waals surface area contributed by atoms with Crippen LogP contribution in [0.3, 0.4) is 0 Å². The van der Waals surface area contributed by atoms with Crippen molar-refractivity contribution in [2.24, 2.45) is 7.05 Å². The van der Waals surface area contributed by atoms with E-state index in [0.29, 0.717) is 0 Å². The molecule has 2 rings (SSSR count). The van der Waals surface area contributed by atoms with E-state index in [0.717, 1.165) is 22.5 Å². The summed E-state index contributed by atoms with van der Waals surface area (Å²) in [5.41, 5.74) is 3.69. The van der Waals surface area contributed by atoms with Gasteiger partial charge in [0.2, 0.25) is 0 Å².